The van der Waals surface area contributed by atoms with Crippen LogP contribution in [0.25, 0.3) is 0 Å². The quantitative estimate of drug-likeness (QED) is 0.289. The van der Waals surface area contributed by atoms with Crippen molar-refractivity contribution in [2.45, 2.75) is 90.9 Å². The van der Waals surface area contributed by atoms with Crippen LogP contribution in [0.5, 0.6) is 0 Å². The minimum absolute atomic E-state index is 0.00203. The summed E-state index contributed by atoms with van der Waals surface area (Å²) in [5.41, 5.74) is 2.74. The highest BCUT2D eigenvalue weighted by Crippen LogP contribution is 2.19. The molecule has 1 unspecified atom stereocenters. The molecule has 0 amide bonds. The van der Waals surface area contributed by atoms with Crippen LogP contribution in [0.15, 0.2) is 24.3 Å². The van der Waals surface area contributed by atoms with Gasteiger partial charge in [-0.25, -0.2) is 0 Å². The van der Waals surface area contributed by atoms with Crippen LogP contribution in [0, 0.1) is 5.92 Å². The van der Waals surface area contributed by atoms with Crippen molar-refractivity contribution in [2.75, 3.05) is 0 Å². The molecule has 1 aromatic rings. The van der Waals surface area contributed by atoms with E-state index < -0.39 is 0 Å². The predicted molar refractivity (Wildman–Crippen MR) is 109 cm³/mol. The van der Waals surface area contributed by atoms with Gasteiger partial charge in [0.25, 0.3) is 0 Å². The SMILES string of the molecule is CCCCCCCCCCCCc1ccccc1CC(C)C(=O)S. The average Bonchev–Trinajstić information content (AvgIpc) is 2.57. The molecular weight excluding hydrogens is 312 g/mol. The lowest BCUT2D eigenvalue weighted by molar-refractivity contribution is -0.113. The van der Waals surface area contributed by atoms with Crippen molar-refractivity contribution >= 4 is 17.7 Å². The third-order valence-corrected chi connectivity index (χ3v) is 5.31. The van der Waals surface area contributed by atoms with E-state index in [0.29, 0.717) is 0 Å². The smallest absolute Gasteiger partial charge is 0.189 e. The monoisotopic (exact) mass is 348 g/mol. The van der Waals surface area contributed by atoms with Gasteiger partial charge in [0.1, 0.15) is 0 Å². The van der Waals surface area contributed by atoms with E-state index in [-0.39, 0.29) is 11.0 Å². The van der Waals surface area contributed by atoms with Crippen molar-refractivity contribution in [3.8, 4) is 0 Å². The van der Waals surface area contributed by atoms with Crippen molar-refractivity contribution in [1.29, 1.82) is 0 Å². The number of hydrogen-bond donors (Lipinski definition) is 1. The molecule has 0 aliphatic carbocycles. The fourth-order valence-corrected chi connectivity index (χ4v) is 3.31. The average molecular weight is 349 g/mol. The maximum Gasteiger partial charge on any atom is 0.189 e. The number of aryl methyl sites for hydroxylation is 1. The van der Waals surface area contributed by atoms with Crippen molar-refractivity contribution in [3.05, 3.63) is 35.4 Å². The van der Waals surface area contributed by atoms with Gasteiger partial charge < -0.3 is 0 Å². The molecule has 1 aromatic carbocycles. The van der Waals surface area contributed by atoms with E-state index in [0.717, 1.165) is 12.8 Å². The Labute approximate surface area is 155 Å². The largest absolute Gasteiger partial charge is 0.287 e. The summed E-state index contributed by atoms with van der Waals surface area (Å²) in [6.07, 6.45) is 15.7. The van der Waals surface area contributed by atoms with Crippen LogP contribution in [0.1, 0.15) is 89.2 Å². The molecule has 1 atom stereocenters. The predicted octanol–water partition coefficient (Wildman–Crippen LogP) is 6.79. The topological polar surface area (TPSA) is 17.1 Å². The molecule has 0 heterocycles. The second-order valence-corrected chi connectivity index (χ2v) is 7.58. The minimum Gasteiger partial charge on any atom is -0.287 e. The standard InChI is InChI=1S/C22H36OS/c1-3-4-5-6-7-8-9-10-11-12-15-20-16-13-14-17-21(20)18-19(2)22(23)24/h13-14,16-17,19H,3-12,15,18H2,1-2H3,(H,23,24). The van der Waals surface area contributed by atoms with Gasteiger partial charge in [-0.15, -0.1) is 12.6 Å². The molecule has 136 valence electrons. The van der Waals surface area contributed by atoms with Gasteiger partial charge in [-0.1, -0.05) is 95.9 Å². The second kappa shape index (κ2) is 13.5. The van der Waals surface area contributed by atoms with Crippen molar-refractivity contribution < 1.29 is 4.79 Å². The van der Waals surface area contributed by atoms with Gasteiger partial charge in [-0.2, -0.15) is 0 Å². The van der Waals surface area contributed by atoms with E-state index in [2.05, 4.69) is 43.8 Å². The lowest BCUT2D eigenvalue weighted by Gasteiger charge is -2.12. The first-order valence-corrected chi connectivity index (χ1v) is 10.4. The molecule has 0 fully saturated rings. The highest BCUT2D eigenvalue weighted by Gasteiger charge is 2.11. The van der Waals surface area contributed by atoms with Gasteiger partial charge in [-0.3, -0.25) is 4.79 Å². The van der Waals surface area contributed by atoms with Crippen LogP contribution >= 0.6 is 12.6 Å². The zero-order valence-electron chi connectivity index (χ0n) is 15.7. The van der Waals surface area contributed by atoms with Crippen LogP contribution in [0.2, 0.25) is 0 Å². The summed E-state index contributed by atoms with van der Waals surface area (Å²) >= 11 is 3.96. The molecular formula is C22H36OS. The van der Waals surface area contributed by atoms with Crippen molar-refractivity contribution in [2.24, 2.45) is 5.92 Å². The molecule has 24 heavy (non-hydrogen) atoms. The Kier molecular flexibility index (Phi) is 12.0. The van der Waals surface area contributed by atoms with Gasteiger partial charge in [0, 0.05) is 5.92 Å². The molecule has 0 bridgehead atoms. The van der Waals surface area contributed by atoms with E-state index in [1.54, 1.807) is 0 Å². The number of benzene rings is 1. The molecule has 0 aromatic heterocycles. The third kappa shape index (κ3) is 9.52. The van der Waals surface area contributed by atoms with E-state index >= 15 is 0 Å². The lowest BCUT2D eigenvalue weighted by atomic mass is 9.94. The molecule has 0 saturated carbocycles. The summed E-state index contributed by atoms with van der Waals surface area (Å²) < 4.78 is 0. The van der Waals surface area contributed by atoms with Crippen LogP contribution < -0.4 is 0 Å². The zero-order valence-corrected chi connectivity index (χ0v) is 16.6. The Balaban J connectivity index is 2.18. The molecule has 2 heteroatoms. The summed E-state index contributed by atoms with van der Waals surface area (Å²) in [5.74, 6) is 0.00203. The highest BCUT2D eigenvalue weighted by atomic mass is 32.1. The number of rotatable bonds is 14. The first-order chi connectivity index (χ1) is 11.6. The minimum atomic E-state index is -0.0104. The summed E-state index contributed by atoms with van der Waals surface area (Å²) in [6, 6.07) is 8.58. The molecule has 0 aliphatic rings. The normalized spacial score (nSPS) is 12.3. The van der Waals surface area contributed by atoms with Gasteiger partial charge in [0.2, 0.25) is 0 Å². The maximum absolute atomic E-state index is 11.4. The Hall–Kier alpha value is -0.760. The maximum atomic E-state index is 11.4. The van der Waals surface area contributed by atoms with E-state index in [4.69, 9.17) is 0 Å². The van der Waals surface area contributed by atoms with Gasteiger partial charge in [0.15, 0.2) is 5.12 Å². The van der Waals surface area contributed by atoms with Crippen LogP contribution in [0.3, 0.4) is 0 Å². The Bertz CT molecular complexity index is 455. The van der Waals surface area contributed by atoms with Gasteiger partial charge in [-0.05, 0) is 30.4 Å². The molecule has 0 aliphatic heterocycles. The molecule has 0 N–H and O–H groups in total. The summed E-state index contributed by atoms with van der Waals surface area (Å²) in [6.45, 7) is 4.24. The summed E-state index contributed by atoms with van der Waals surface area (Å²) in [7, 11) is 0. The van der Waals surface area contributed by atoms with Crippen LogP contribution in [-0.4, -0.2) is 5.12 Å². The van der Waals surface area contributed by atoms with Crippen molar-refractivity contribution in [1.82, 2.24) is 0 Å². The fourth-order valence-electron chi connectivity index (χ4n) is 3.22. The second-order valence-electron chi connectivity index (χ2n) is 7.14. The van der Waals surface area contributed by atoms with Crippen LogP contribution in [-0.2, 0) is 17.6 Å². The van der Waals surface area contributed by atoms with E-state index in [1.165, 1.54) is 75.3 Å². The van der Waals surface area contributed by atoms with Gasteiger partial charge in [0.05, 0.1) is 0 Å². The zero-order chi connectivity index (χ0) is 17.6. The van der Waals surface area contributed by atoms with Crippen molar-refractivity contribution in [3.63, 3.8) is 0 Å². The first-order valence-electron chi connectivity index (χ1n) is 9.94. The van der Waals surface area contributed by atoms with E-state index in [1.807, 2.05) is 6.92 Å². The lowest BCUT2D eigenvalue weighted by Crippen LogP contribution is -2.09. The number of carbonyl (C=O) groups excluding carboxylic acids is 1. The number of carbonyl (C=O) groups is 1. The molecule has 0 spiro atoms. The number of thiol groups is 1. The number of unbranched alkanes of at least 4 members (excludes halogenated alkanes) is 9. The fraction of sp³-hybridized carbons (Fsp3) is 0.682. The summed E-state index contributed by atoms with van der Waals surface area (Å²) in [5, 5.41) is -0.0104. The first kappa shape index (κ1) is 21.3. The highest BCUT2D eigenvalue weighted by molar-refractivity contribution is 7.96. The molecule has 1 rings (SSSR count). The molecule has 0 saturated heterocycles. The Morgan fingerprint density at radius 3 is 1.92 bits per heavy atom. The molecule has 1 nitrogen and oxygen atoms in total. The molecule has 0 radical (unpaired) electrons. The third-order valence-electron chi connectivity index (χ3n) is 4.87. The Morgan fingerprint density at radius 2 is 1.38 bits per heavy atom. The van der Waals surface area contributed by atoms with Gasteiger partial charge >= 0.3 is 0 Å². The van der Waals surface area contributed by atoms with E-state index in [9.17, 15) is 4.79 Å². The number of hydrogen-bond acceptors (Lipinski definition) is 1. The Morgan fingerprint density at radius 1 is 0.875 bits per heavy atom. The van der Waals surface area contributed by atoms with Crippen LogP contribution in [0.4, 0.5) is 0 Å². The summed E-state index contributed by atoms with van der Waals surface area (Å²) in [4.78, 5) is 11.4.